The number of aromatic hydroxyl groups is 1. The molecule has 44 heavy (non-hydrogen) atoms. The normalized spacial score (nSPS) is 27.6. The van der Waals surface area contributed by atoms with Crippen molar-refractivity contribution in [3.63, 3.8) is 0 Å². The van der Waals surface area contributed by atoms with Gasteiger partial charge in [-0.25, -0.2) is 0 Å². The quantitative estimate of drug-likeness (QED) is 0.259. The molecule has 2 saturated heterocycles. The van der Waals surface area contributed by atoms with Crippen molar-refractivity contribution < 1.29 is 24.3 Å². The van der Waals surface area contributed by atoms with Gasteiger partial charge in [-0.3, -0.25) is 29.0 Å². The highest BCUT2D eigenvalue weighted by Crippen LogP contribution is 2.59. The first-order valence-corrected chi connectivity index (χ1v) is 15.3. The molecule has 4 amide bonds. The third-order valence-corrected chi connectivity index (χ3v) is 10.2. The Labute approximate surface area is 264 Å². The van der Waals surface area contributed by atoms with Crippen molar-refractivity contribution >= 4 is 58.2 Å². The smallest absolute Gasteiger partial charge is 0.238 e. The Morgan fingerprint density at radius 2 is 1.32 bits per heavy atom. The highest BCUT2D eigenvalue weighted by atomic mass is 35.5. The molecule has 0 unspecified atom stereocenters. The number of nitrogens with zero attached hydrogens (tertiary/aromatic N) is 2. The average molecular weight is 628 g/mol. The van der Waals surface area contributed by atoms with E-state index in [-0.39, 0.29) is 35.8 Å². The molecule has 2 heterocycles. The molecule has 7 rings (SSSR count). The van der Waals surface area contributed by atoms with Crippen LogP contribution in [0.25, 0.3) is 0 Å². The third-order valence-electron chi connectivity index (χ3n) is 9.67. The molecule has 9 heteroatoms. The third kappa shape index (κ3) is 4.25. The van der Waals surface area contributed by atoms with Gasteiger partial charge in [0, 0.05) is 21.5 Å². The van der Waals surface area contributed by atoms with E-state index in [0.717, 1.165) is 5.57 Å². The van der Waals surface area contributed by atoms with E-state index in [4.69, 9.17) is 23.2 Å². The summed E-state index contributed by atoms with van der Waals surface area (Å²) in [5, 5.41) is 12.5. The van der Waals surface area contributed by atoms with Gasteiger partial charge in [-0.2, -0.15) is 0 Å². The molecule has 3 fully saturated rings. The fourth-order valence-electron chi connectivity index (χ4n) is 7.81. The fraction of sp³-hybridized carbons (Fsp3) is 0.257. The van der Waals surface area contributed by atoms with Crippen molar-refractivity contribution in [2.24, 2.45) is 29.6 Å². The molecule has 7 nitrogen and oxygen atoms in total. The van der Waals surface area contributed by atoms with Crippen molar-refractivity contribution in [1.82, 2.24) is 0 Å². The van der Waals surface area contributed by atoms with Crippen molar-refractivity contribution in [1.29, 1.82) is 0 Å². The Bertz CT molecular complexity index is 1770. The van der Waals surface area contributed by atoms with E-state index in [1.165, 1.54) is 9.80 Å². The number of imide groups is 2. The van der Waals surface area contributed by atoms with Crippen LogP contribution in [0.2, 0.25) is 10.0 Å². The maximum atomic E-state index is 14.2. The number of anilines is 2. The summed E-state index contributed by atoms with van der Waals surface area (Å²) in [5.74, 6) is -5.27. The summed E-state index contributed by atoms with van der Waals surface area (Å²) in [5.41, 5.74) is 2.85. The van der Waals surface area contributed by atoms with E-state index in [2.05, 4.69) is 6.58 Å². The summed E-state index contributed by atoms with van der Waals surface area (Å²) in [6, 6.07) is 18.5. The number of para-hydroxylation sites is 1. The van der Waals surface area contributed by atoms with Gasteiger partial charge < -0.3 is 5.11 Å². The number of carbonyl (C=O) groups is 4. The molecule has 2 aliphatic heterocycles. The topological polar surface area (TPSA) is 95.0 Å². The zero-order chi connectivity index (χ0) is 30.9. The zero-order valence-electron chi connectivity index (χ0n) is 23.5. The van der Waals surface area contributed by atoms with Crippen LogP contribution in [0.3, 0.4) is 0 Å². The highest BCUT2D eigenvalue weighted by molar-refractivity contribution is 6.31. The molecule has 3 aromatic rings. The van der Waals surface area contributed by atoms with Gasteiger partial charge in [0.2, 0.25) is 23.6 Å². The van der Waals surface area contributed by atoms with Gasteiger partial charge in [0.05, 0.1) is 35.0 Å². The van der Waals surface area contributed by atoms with Crippen LogP contribution in [0.4, 0.5) is 11.4 Å². The first kappa shape index (κ1) is 28.6. The second-order valence-electron chi connectivity index (χ2n) is 11.8. The Morgan fingerprint density at radius 3 is 1.91 bits per heavy atom. The van der Waals surface area contributed by atoms with Gasteiger partial charge in [-0.15, -0.1) is 6.58 Å². The minimum Gasteiger partial charge on any atom is -0.507 e. The molecular formula is C35H28Cl2N2O5. The Hall–Kier alpha value is -4.20. The second-order valence-corrected chi connectivity index (χ2v) is 12.7. The van der Waals surface area contributed by atoms with Crippen LogP contribution in [0.15, 0.2) is 91.0 Å². The molecule has 0 radical (unpaired) electrons. The van der Waals surface area contributed by atoms with Gasteiger partial charge >= 0.3 is 0 Å². The first-order valence-electron chi connectivity index (χ1n) is 14.6. The standard InChI is InChI=1S/C35H28Cl2N2O5/c1-2-4-18-5-3-6-24(31(18)40)28-23-15-16-25-29(34(43)38(32(25)41)21-11-7-19(36)8-12-21)26(23)17-27-30(28)35(44)39(33(27)42)22-13-9-20(37)10-14-22/h2-3,5-15,25-30,40H,1,4,16-17H2/t25-,26+,27+,28+,29-,30+/m0/s1. The van der Waals surface area contributed by atoms with Crippen LogP contribution >= 0.6 is 23.2 Å². The van der Waals surface area contributed by atoms with Crippen molar-refractivity contribution in [2.75, 3.05) is 9.80 Å². The largest absolute Gasteiger partial charge is 0.507 e. The Morgan fingerprint density at radius 1 is 0.750 bits per heavy atom. The highest BCUT2D eigenvalue weighted by Gasteiger charge is 2.62. The number of rotatable bonds is 5. The lowest BCUT2D eigenvalue weighted by molar-refractivity contribution is -0.126. The van der Waals surface area contributed by atoms with E-state index >= 15 is 0 Å². The zero-order valence-corrected chi connectivity index (χ0v) is 25.0. The number of carbonyl (C=O) groups excluding carboxylic acids is 4. The predicted molar refractivity (Wildman–Crippen MR) is 167 cm³/mol. The lowest BCUT2D eigenvalue weighted by atomic mass is 9.57. The number of hydrogen-bond acceptors (Lipinski definition) is 5. The van der Waals surface area contributed by atoms with E-state index in [1.54, 1.807) is 66.7 Å². The van der Waals surface area contributed by atoms with Crippen LogP contribution in [0.1, 0.15) is 29.9 Å². The van der Waals surface area contributed by atoms with Crippen LogP contribution in [0, 0.1) is 29.6 Å². The Balaban J connectivity index is 1.35. The molecular weight excluding hydrogens is 599 g/mol. The van der Waals surface area contributed by atoms with Crippen molar-refractivity contribution in [3.05, 3.63) is 112 Å². The van der Waals surface area contributed by atoms with Crippen LogP contribution in [-0.2, 0) is 25.6 Å². The summed E-state index contributed by atoms with van der Waals surface area (Å²) in [6.45, 7) is 3.80. The predicted octanol–water partition coefficient (Wildman–Crippen LogP) is 6.47. The maximum Gasteiger partial charge on any atom is 0.238 e. The van der Waals surface area contributed by atoms with Crippen molar-refractivity contribution in [3.8, 4) is 5.75 Å². The Kier molecular flexibility index (Phi) is 6.98. The molecule has 222 valence electrons. The maximum absolute atomic E-state index is 14.2. The lowest BCUT2D eigenvalue weighted by Crippen LogP contribution is -2.43. The molecule has 6 atom stereocenters. The van der Waals surface area contributed by atoms with Crippen LogP contribution in [0.5, 0.6) is 5.75 Å². The number of allylic oxidation sites excluding steroid dienone is 3. The van der Waals surface area contributed by atoms with Crippen molar-refractivity contribution in [2.45, 2.75) is 25.2 Å². The number of halogens is 2. The average Bonchev–Trinajstić information content (AvgIpc) is 3.42. The number of phenolic OH excluding ortho intramolecular Hbond substituents is 1. The number of benzene rings is 3. The summed E-state index contributed by atoms with van der Waals surface area (Å²) >= 11 is 12.2. The van der Waals surface area contributed by atoms with Gasteiger partial charge in [0.25, 0.3) is 0 Å². The lowest BCUT2D eigenvalue weighted by Gasteiger charge is -2.44. The van der Waals surface area contributed by atoms with Gasteiger partial charge in [-0.05, 0) is 79.3 Å². The number of hydrogen-bond donors (Lipinski definition) is 1. The minimum absolute atomic E-state index is 0.0432. The molecule has 0 aromatic heterocycles. The molecule has 1 N–H and O–H groups in total. The van der Waals surface area contributed by atoms with E-state index < -0.39 is 35.5 Å². The number of amides is 4. The molecule has 4 aliphatic rings. The number of fused-ring (bicyclic) bond motifs is 4. The molecule has 2 aliphatic carbocycles. The summed E-state index contributed by atoms with van der Waals surface area (Å²) in [6.07, 6.45) is 4.63. The summed E-state index contributed by atoms with van der Waals surface area (Å²) in [4.78, 5) is 58.6. The number of phenols is 1. The minimum atomic E-state index is -0.790. The molecule has 0 bridgehead atoms. The van der Waals surface area contributed by atoms with Gasteiger partial charge in [0.1, 0.15) is 5.75 Å². The molecule has 1 saturated carbocycles. The summed E-state index contributed by atoms with van der Waals surface area (Å²) < 4.78 is 0. The first-order chi connectivity index (χ1) is 21.2. The van der Waals surface area contributed by atoms with Crippen LogP contribution in [-0.4, -0.2) is 28.7 Å². The fourth-order valence-corrected chi connectivity index (χ4v) is 8.06. The summed E-state index contributed by atoms with van der Waals surface area (Å²) in [7, 11) is 0. The van der Waals surface area contributed by atoms with Gasteiger partial charge in [0.15, 0.2) is 0 Å². The molecule has 3 aromatic carbocycles. The molecule has 0 spiro atoms. The monoisotopic (exact) mass is 626 g/mol. The second kappa shape index (κ2) is 10.8. The SMILES string of the molecule is C=CCc1cccc([C@H]2C3=CC[C@@H]4C(=O)N(c5ccc(Cl)cc5)C(=O)[C@@H]4[C@@H]3C[C@H]3C(=O)N(c4ccc(Cl)cc4)C(=O)[C@@H]23)c1O. The van der Waals surface area contributed by atoms with E-state index in [0.29, 0.717) is 45.4 Å². The van der Waals surface area contributed by atoms with Gasteiger partial charge in [-0.1, -0.05) is 59.1 Å². The van der Waals surface area contributed by atoms with E-state index in [1.807, 2.05) is 12.1 Å². The van der Waals surface area contributed by atoms with Crippen LogP contribution < -0.4 is 9.80 Å². The van der Waals surface area contributed by atoms with E-state index in [9.17, 15) is 24.3 Å².